The minimum absolute atomic E-state index is 0.0235. The maximum Gasteiger partial charge on any atom is 0.253 e. The Morgan fingerprint density at radius 3 is 2.90 bits per heavy atom. The van der Waals surface area contributed by atoms with Crippen LogP contribution in [0.1, 0.15) is 23.7 Å². The minimum Gasteiger partial charge on any atom is -0.393 e. The summed E-state index contributed by atoms with van der Waals surface area (Å²) in [5.41, 5.74) is 7.05. The predicted octanol–water partition coefficient (Wildman–Crippen LogP) is 2.37. The molecule has 2 rings (SSSR count). The molecule has 0 saturated heterocycles. The Labute approximate surface area is 123 Å². The van der Waals surface area contributed by atoms with Gasteiger partial charge in [-0.1, -0.05) is 18.3 Å². The number of hydrogen-bond acceptors (Lipinski definition) is 3. The lowest BCUT2D eigenvalue weighted by Crippen LogP contribution is -2.37. The molecule has 0 spiro atoms. The van der Waals surface area contributed by atoms with E-state index in [0.29, 0.717) is 17.0 Å². The van der Waals surface area contributed by atoms with E-state index in [4.69, 9.17) is 18.0 Å². The number of amides is 1. The molecule has 0 aliphatic carbocycles. The van der Waals surface area contributed by atoms with E-state index in [1.165, 1.54) is 0 Å². The first-order valence-corrected chi connectivity index (χ1v) is 6.80. The molecule has 1 amide bonds. The largest absolute Gasteiger partial charge is 0.393 e. The highest BCUT2D eigenvalue weighted by Crippen LogP contribution is 2.16. The molecule has 0 aliphatic rings. The quantitative estimate of drug-likeness (QED) is 0.877. The fourth-order valence-corrected chi connectivity index (χ4v) is 2.28. The summed E-state index contributed by atoms with van der Waals surface area (Å²) in [7, 11) is 1.76. The van der Waals surface area contributed by atoms with Gasteiger partial charge >= 0.3 is 0 Å². The Morgan fingerprint density at radius 1 is 1.45 bits per heavy atom. The van der Waals surface area contributed by atoms with Crippen LogP contribution in [0.25, 0.3) is 10.9 Å². The number of hydrogen-bond donors (Lipinski definition) is 1. The van der Waals surface area contributed by atoms with Gasteiger partial charge in [-0.15, -0.1) is 0 Å². The van der Waals surface area contributed by atoms with Crippen molar-refractivity contribution in [3.8, 4) is 0 Å². The molecule has 1 heterocycles. The number of nitrogens with zero attached hydrogens (tertiary/aromatic N) is 2. The third-order valence-electron chi connectivity index (χ3n) is 3.33. The van der Waals surface area contributed by atoms with Crippen LogP contribution < -0.4 is 5.73 Å². The molecule has 4 nitrogen and oxygen atoms in total. The van der Waals surface area contributed by atoms with E-state index >= 15 is 0 Å². The highest BCUT2D eigenvalue weighted by atomic mass is 32.1. The second kappa shape index (κ2) is 5.96. The van der Waals surface area contributed by atoms with Crippen LogP contribution >= 0.6 is 12.2 Å². The van der Waals surface area contributed by atoms with Gasteiger partial charge in [0.05, 0.1) is 10.5 Å². The van der Waals surface area contributed by atoms with Crippen LogP contribution in [0.4, 0.5) is 0 Å². The van der Waals surface area contributed by atoms with E-state index in [1.54, 1.807) is 24.2 Å². The van der Waals surface area contributed by atoms with Crippen molar-refractivity contribution < 1.29 is 4.79 Å². The molecule has 0 saturated carbocycles. The average molecular weight is 287 g/mol. The molecule has 1 aromatic carbocycles. The van der Waals surface area contributed by atoms with Crippen LogP contribution in [-0.2, 0) is 0 Å². The molecule has 5 heteroatoms. The summed E-state index contributed by atoms with van der Waals surface area (Å²) in [6.45, 7) is 1.93. The van der Waals surface area contributed by atoms with Crippen LogP contribution in [0.2, 0.25) is 0 Å². The summed E-state index contributed by atoms with van der Waals surface area (Å²) in [5, 5.41) is 0.953. The van der Waals surface area contributed by atoms with Crippen LogP contribution in [0.3, 0.4) is 0 Å². The number of benzene rings is 1. The summed E-state index contributed by atoms with van der Waals surface area (Å²) in [5.74, 6) is -0.0421. The first kappa shape index (κ1) is 14.4. The molecule has 0 radical (unpaired) electrons. The zero-order valence-electron chi connectivity index (χ0n) is 11.5. The van der Waals surface area contributed by atoms with Crippen molar-refractivity contribution >= 4 is 34.0 Å². The number of pyridine rings is 1. The second-order valence-corrected chi connectivity index (χ2v) is 5.37. The zero-order valence-corrected chi connectivity index (χ0v) is 12.4. The standard InChI is InChI=1S/C15H17N3OS/c1-10(8-14(16)20)18(2)15(19)12-5-6-13-11(9-12)4-3-7-17-13/h3-7,9-10H,8H2,1-2H3,(H2,16,20). The third kappa shape index (κ3) is 3.11. The fourth-order valence-electron chi connectivity index (χ4n) is 2.04. The molecule has 2 N–H and O–H groups in total. The van der Waals surface area contributed by atoms with E-state index in [9.17, 15) is 4.79 Å². The number of carbonyl (C=O) groups excluding carboxylic acids is 1. The monoisotopic (exact) mass is 287 g/mol. The smallest absolute Gasteiger partial charge is 0.253 e. The number of carbonyl (C=O) groups is 1. The van der Waals surface area contributed by atoms with Crippen LogP contribution in [-0.4, -0.2) is 33.9 Å². The highest BCUT2D eigenvalue weighted by molar-refractivity contribution is 7.80. The lowest BCUT2D eigenvalue weighted by atomic mass is 10.1. The molecule has 2 aromatic rings. The molecule has 1 atom stereocenters. The zero-order chi connectivity index (χ0) is 14.7. The fraction of sp³-hybridized carbons (Fsp3) is 0.267. The van der Waals surface area contributed by atoms with Crippen molar-refractivity contribution in [2.75, 3.05) is 7.05 Å². The SMILES string of the molecule is CC(CC(N)=S)N(C)C(=O)c1ccc2ncccc2c1. The van der Waals surface area contributed by atoms with Gasteiger partial charge in [-0.3, -0.25) is 9.78 Å². The minimum atomic E-state index is -0.0421. The average Bonchev–Trinajstić information content (AvgIpc) is 2.44. The molecular weight excluding hydrogens is 270 g/mol. The molecule has 20 heavy (non-hydrogen) atoms. The van der Waals surface area contributed by atoms with Gasteiger partial charge in [0, 0.05) is 36.7 Å². The number of rotatable bonds is 4. The summed E-state index contributed by atoms with van der Waals surface area (Å²) >= 11 is 4.89. The first-order chi connectivity index (χ1) is 9.49. The maximum atomic E-state index is 12.4. The second-order valence-electron chi connectivity index (χ2n) is 4.85. The molecular formula is C15H17N3OS. The van der Waals surface area contributed by atoms with Crippen molar-refractivity contribution in [1.29, 1.82) is 0 Å². The maximum absolute atomic E-state index is 12.4. The van der Waals surface area contributed by atoms with E-state index in [1.807, 2.05) is 31.2 Å². The lowest BCUT2D eigenvalue weighted by molar-refractivity contribution is 0.0748. The summed E-state index contributed by atoms with van der Waals surface area (Å²) in [4.78, 5) is 18.8. The van der Waals surface area contributed by atoms with Gasteiger partial charge in [-0.2, -0.15) is 0 Å². The Bertz CT molecular complexity index is 656. The lowest BCUT2D eigenvalue weighted by Gasteiger charge is -2.24. The number of fused-ring (bicyclic) bond motifs is 1. The highest BCUT2D eigenvalue weighted by Gasteiger charge is 2.18. The Kier molecular flexibility index (Phi) is 4.29. The third-order valence-corrected chi connectivity index (χ3v) is 3.49. The normalized spacial score (nSPS) is 12.1. The molecule has 0 aliphatic heterocycles. The molecule has 104 valence electrons. The van der Waals surface area contributed by atoms with Crippen molar-refractivity contribution in [3.63, 3.8) is 0 Å². The van der Waals surface area contributed by atoms with Crippen LogP contribution in [0.15, 0.2) is 36.5 Å². The Hall–Kier alpha value is -2.01. The summed E-state index contributed by atoms with van der Waals surface area (Å²) < 4.78 is 0. The van der Waals surface area contributed by atoms with E-state index in [2.05, 4.69) is 4.98 Å². The van der Waals surface area contributed by atoms with Crippen LogP contribution in [0.5, 0.6) is 0 Å². The molecule has 1 aromatic heterocycles. The van der Waals surface area contributed by atoms with Crippen molar-refractivity contribution in [3.05, 3.63) is 42.1 Å². The Morgan fingerprint density at radius 2 is 2.20 bits per heavy atom. The van der Waals surface area contributed by atoms with E-state index in [0.717, 1.165) is 10.9 Å². The molecule has 0 bridgehead atoms. The first-order valence-electron chi connectivity index (χ1n) is 6.39. The van der Waals surface area contributed by atoms with Crippen molar-refractivity contribution in [2.45, 2.75) is 19.4 Å². The van der Waals surface area contributed by atoms with Gasteiger partial charge < -0.3 is 10.6 Å². The number of thiocarbonyl (C=S) groups is 1. The van der Waals surface area contributed by atoms with Gasteiger partial charge in [0.2, 0.25) is 0 Å². The summed E-state index contributed by atoms with van der Waals surface area (Å²) in [6, 6.07) is 9.28. The molecule has 0 fully saturated rings. The van der Waals surface area contributed by atoms with E-state index in [-0.39, 0.29) is 11.9 Å². The topological polar surface area (TPSA) is 59.2 Å². The van der Waals surface area contributed by atoms with Gasteiger partial charge in [0.1, 0.15) is 0 Å². The summed E-state index contributed by atoms with van der Waals surface area (Å²) in [6.07, 6.45) is 2.26. The number of nitrogens with two attached hydrogens (primary N) is 1. The van der Waals surface area contributed by atoms with Gasteiger partial charge in [-0.25, -0.2) is 0 Å². The van der Waals surface area contributed by atoms with Crippen molar-refractivity contribution in [1.82, 2.24) is 9.88 Å². The Balaban J connectivity index is 2.24. The van der Waals surface area contributed by atoms with Crippen molar-refractivity contribution in [2.24, 2.45) is 5.73 Å². The number of aromatic nitrogens is 1. The van der Waals surface area contributed by atoms with E-state index < -0.39 is 0 Å². The van der Waals surface area contributed by atoms with Gasteiger partial charge in [0.15, 0.2) is 0 Å². The molecule has 1 unspecified atom stereocenters. The van der Waals surface area contributed by atoms with Gasteiger partial charge in [0.25, 0.3) is 5.91 Å². The predicted molar refractivity (Wildman–Crippen MR) is 84.7 cm³/mol. The van der Waals surface area contributed by atoms with Crippen LogP contribution in [0, 0.1) is 0 Å². The van der Waals surface area contributed by atoms with Gasteiger partial charge in [-0.05, 0) is 31.2 Å².